The van der Waals surface area contributed by atoms with Gasteiger partial charge < -0.3 is 15.2 Å². The number of aliphatic hydroxyl groups is 1. The number of rotatable bonds is 4. The van der Waals surface area contributed by atoms with Crippen molar-refractivity contribution in [3.8, 4) is 0 Å². The molecule has 4 fully saturated rings. The van der Waals surface area contributed by atoms with Crippen LogP contribution in [-0.2, 0) is 14.3 Å². The number of halogens is 1. The van der Waals surface area contributed by atoms with Crippen molar-refractivity contribution in [2.45, 2.75) is 44.1 Å². The molecule has 6 heteroatoms. The molecule has 4 atom stereocenters. The molecule has 0 saturated heterocycles. The molecule has 4 bridgehead atoms. The van der Waals surface area contributed by atoms with E-state index in [1.54, 1.807) is 12.1 Å². The maximum atomic E-state index is 12.7. The fraction of sp³-hybridized carbons (Fsp3) is 0.579. The van der Waals surface area contributed by atoms with Gasteiger partial charge in [0.2, 0.25) is 0 Å². The molecule has 0 spiro atoms. The van der Waals surface area contributed by atoms with Gasteiger partial charge in [0.1, 0.15) is 0 Å². The van der Waals surface area contributed by atoms with E-state index < -0.39 is 11.0 Å². The van der Waals surface area contributed by atoms with Gasteiger partial charge in [0, 0.05) is 10.2 Å². The zero-order chi connectivity index (χ0) is 17.7. The van der Waals surface area contributed by atoms with Gasteiger partial charge in [-0.05, 0) is 74.6 Å². The van der Waals surface area contributed by atoms with E-state index in [0.717, 1.165) is 36.6 Å². The van der Waals surface area contributed by atoms with Crippen molar-refractivity contribution in [2.75, 3.05) is 11.9 Å². The first-order valence-corrected chi connectivity index (χ1v) is 9.60. The van der Waals surface area contributed by atoms with Crippen LogP contribution in [0.1, 0.15) is 38.5 Å². The third-order valence-corrected chi connectivity index (χ3v) is 6.45. The second-order valence-electron chi connectivity index (χ2n) is 8.10. The standard InChI is InChI=1S/C19H22BrNO4/c20-14-1-3-15(4-2-14)21-16(22)10-25-17(23)18-6-12-5-13(7-18)9-19(24,8-12)11-18/h1-4,12-13,24H,5-11H2,(H,21,22)/t12-,13+,18?,19?. The molecular formula is C19H22BrNO4. The van der Waals surface area contributed by atoms with Crippen LogP contribution in [0.4, 0.5) is 5.69 Å². The number of hydrogen-bond acceptors (Lipinski definition) is 4. The van der Waals surface area contributed by atoms with Crippen molar-refractivity contribution >= 4 is 33.5 Å². The van der Waals surface area contributed by atoms with Crippen molar-refractivity contribution < 1.29 is 19.4 Å². The minimum Gasteiger partial charge on any atom is -0.455 e. The molecule has 2 unspecified atom stereocenters. The Kier molecular flexibility index (Phi) is 4.15. The minimum absolute atomic E-state index is 0.287. The van der Waals surface area contributed by atoms with Crippen LogP contribution in [0, 0.1) is 17.3 Å². The smallest absolute Gasteiger partial charge is 0.312 e. The fourth-order valence-electron chi connectivity index (χ4n) is 5.47. The van der Waals surface area contributed by atoms with E-state index >= 15 is 0 Å². The van der Waals surface area contributed by atoms with Crippen LogP contribution in [0.2, 0.25) is 0 Å². The third-order valence-electron chi connectivity index (χ3n) is 5.93. The molecule has 0 heterocycles. The van der Waals surface area contributed by atoms with Crippen LogP contribution in [0.5, 0.6) is 0 Å². The highest BCUT2D eigenvalue weighted by atomic mass is 79.9. The molecule has 4 aliphatic rings. The van der Waals surface area contributed by atoms with Gasteiger partial charge in [0.25, 0.3) is 5.91 Å². The Morgan fingerprint density at radius 1 is 1.16 bits per heavy atom. The Bertz CT molecular complexity index is 688. The van der Waals surface area contributed by atoms with Crippen LogP contribution in [0.3, 0.4) is 0 Å². The van der Waals surface area contributed by atoms with Gasteiger partial charge >= 0.3 is 5.97 Å². The number of anilines is 1. The molecule has 1 amide bonds. The summed E-state index contributed by atoms with van der Waals surface area (Å²) in [5, 5.41) is 13.4. The fourth-order valence-corrected chi connectivity index (χ4v) is 5.73. The van der Waals surface area contributed by atoms with Crippen molar-refractivity contribution in [2.24, 2.45) is 17.3 Å². The summed E-state index contributed by atoms with van der Waals surface area (Å²) in [7, 11) is 0. The van der Waals surface area contributed by atoms with E-state index in [2.05, 4.69) is 21.2 Å². The van der Waals surface area contributed by atoms with Gasteiger partial charge in [-0.3, -0.25) is 9.59 Å². The van der Waals surface area contributed by atoms with Crippen molar-refractivity contribution in [3.05, 3.63) is 28.7 Å². The molecule has 4 aliphatic carbocycles. The third kappa shape index (κ3) is 3.34. The number of carbonyl (C=O) groups excluding carboxylic acids is 2. The highest BCUT2D eigenvalue weighted by molar-refractivity contribution is 9.10. The van der Waals surface area contributed by atoms with E-state index in [9.17, 15) is 14.7 Å². The molecule has 1 aromatic carbocycles. The Balaban J connectivity index is 1.36. The molecule has 5 rings (SSSR count). The number of ether oxygens (including phenoxy) is 1. The lowest BCUT2D eigenvalue weighted by Crippen LogP contribution is -2.58. The molecule has 2 N–H and O–H groups in total. The number of amides is 1. The second-order valence-corrected chi connectivity index (χ2v) is 9.01. The van der Waals surface area contributed by atoms with E-state index in [1.807, 2.05) is 12.1 Å². The van der Waals surface area contributed by atoms with Crippen LogP contribution >= 0.6 is 15.9 Å². The number of nitrogens with one attached hydrogen (secondary N) is 1. The normalized spacial score (nSPS) is 35.4. The molecule has 134 valence electrons. The molecule has 0 aliphatic heterocycles. The average Bonchev–Trinajstić information content (AvgIpc) is 2.52. The second kappa shape index (κ2) is 6.09. The monoisotopic (exact) mass is 407 g/mol. The molecule has 25 heavy (non-hydrogen) atoms. The van der Waals surface area contributed by atoms with Gasteiger partial charge in [-0.25, -0.2) is 0 Å². The number of esters is 1. The molecule has 1 aromatic rings. The van der Waals surface area contributed by atoms with Crippen molar-refractivity contribution in [1.82, 2.24) is 0 Å². The SMILES string of the molecule is O=C(COC(=O)C12C[C@@H]3C[C@@H](CC(O)(C3)C1)C2)Nc1ccc(Br)cc1. The van der Waals surface area contributed by atoms with Crippen LogP contribution in [0.15, 0.2) is 28.7 Å². The highest BCUT2D eigenvalue weighted by Crippen LogP contribution is 2.61. The summed E-state index contributed by atoms with van der Waals surface area (Å²) >= 11 is 3.34. The summed E-state index contributed by atoms with van der Waals surface area (Å²) < 4.78 is 6.29. The summed E-state index contributed by atoms with van der Waals surface area (Å²) in [6.07, 6.45) is 4.80. The predicted molar refractivity (Wildman–Crippen MR) is 95.8 cm³/mol. The molecular weight excluding hydrogens is 386 g/mol. The summed E-state index contributed by atoms with van der Waals surface area (Å²) in [6.45, 7) is -0.287. The number of benzene rings is 1. The van der Waals surface area contributed by atoms with Crippen LogP contribution in [-0.4, -0.2) is 29.2 Å². The molecule has 5 nitrogen and oxygen atoms in total. The topological polar surface area (TPSA) is 75.6 Å². The Morgan fingerprint density at radius 2 is 1.80 bits per heavy atom. The van der Waals surface area contributed by atoms with E-state index in [4.69, 9.17) is 4.74 Å². The highest BCUT2D eigenvalue weighted by Gasteiger charge is 2.60. The van der Waals surface area contributed by atoms with E-state index in [-0.39, 0.29) is 18.5 Å². The molecule has 0 aromatic heterocycles. The minimum atomic E-state index is -0.706. The lowest BCUT2D eigenvalue weighted by atomic mass is 9.48. The average molecular weight is 408 g/mol. The first-order valence-electron chi connectivity index (χ1n) is 8.81. The Hall–Kier alpha value is -1.40. The summed E-state index contributed by atoms with van der Waals surface area (Å²) in [4.78, 5) is 24.8. The van der Waals surface area contributed by atoms with Gasteiger partial charge in [-0.2, -0.15) is 0 Å². The number of carbonyl (C=O) groups is 2. The largest absolute Gasteiger partial charge is 0.455 e. The maximum Gasteiger partial charge on any atom is 0.312 e. The quantitative estimate of drug-likeness (QED) is 0.750. The van der Waals surface area contributed by atoms with Gasteiger partial charge in [0.15, 0.2) is 6.61 Å². The first kappa shape index (κ1) is 17.0. The van der Waals surface area contributed by atoms with Gasteiger partial charge in [0.05, 0.1) is 11.0 Å². The first-order chi connectivity index (χ1) is 11.9. The zero-order valence-electron chi connectivity index (χ0n) is 14.0. The van der Waals surface area contributed by atoms with Crippen molar-refractivity contribution in [1.29, 1.82) is 0 Å². The van der Waals surface area contributed by atoms with Gasteiger partial charge in [-0.15, -0.1) is 0 Å². The number of hydrogen-bond donors (Lipinski definition) is 2. The lowest BCUT2D eigenvalue weighted by Gasteiger charge is -2.58. The Labute approximate surface area is 155 Å². The molecule has 0 radical (unpaired) electrons. The lowest BCUT2D eigenvalue weighted by molar-refractivity contribution is -0.196. The maximum absolute atomic E-state index is 12.7. The summed E-state index contributed by atoms with van der Waals surface area (Å²) in [5.41, 5.74) is -0.632. The Morgan fingerprint density at radius 3 is 2.40 bits per heavy atom. The van der Waals surface area contributed by atoms with Crippen LogP contribution in [0.25, 0.3) is 0 Å². The van der Waals surface area contributed by atoms with E-state index in [0.29, 0.717) is 23.9 Å². The zero-order valence-corrected chi connectivity index (χ0v) is 15.5. The molecule has 4 saturated carbocycles. The van der Waals surface area contributed by atoms with Gasteiger partial charge in [-0.1, -0.05) is 15.9 Å². The van der Waals surface area contributed by atoms with Crippen LogP contribution < -0.4 is 5.32 Å². The summed E-state index contributed by atoms with van der Waals surface area (Å²) in [5.74, 6) is 0.163. The van der Waals surface area contributed by atoms with E-state index in [1.165, 1.54) is 0 Å². The predicted octanol–water partition coefficient (Wildman–Crippen LogP) is 3.26. The summed E-state index contributed by atoms with van der Waals surface area (Å²) in [6, 6.07) is 7.21. The van der Waals surface area contributed by atoms with Crippen molar-refractivity contribution in [3.63, 3.8) is 0 Å².